The smallest absolute Gasteiger partial charge is 0.253 e. The van der Waals surface area contributed by atoms with Gasteiger partial charge in [0.1, 0.15) is 11.6 Å². The van der Waals surface area contributed by atoms with E-state index in [0.29, 0.717) is 53.4 Å². The number of carbonyl (C=O) groups is 1. The Bertz CT molecular complexity index is 1500. The van der Waals surface area contributed by atoms with Crippen molar-refractivity contribution in [2.45, 2.75) is 24.8 Å². The molecule has 38 heavy (non-hydrogen) atoms. The lowest BCUT2D eigenvalue weighted by Crippen LogP contribution is -2.49. The van der Waals surface area contributed by atoms with E-state index in [1.165, 1.54) is 12.1 Å². The number of anilines is 1. The average molecular weight is 535 g/mol. The van der Waals surface area contributed by atoms with Gasteiger partial charge in [-0.3, -0.25) is 14.7 Å². The summed E-state index contributed by atoms with van der Waals surface area (Å²) in [5, 5.41) is 0.907. The monoisotopic (exact) mass is 534 g/mol. The number of piperazine rings is 1. The third-order valence-corrected chi connectivity index (χ3v) is 8.17. The second kappa shape index (κ2) is 11.0. The Balaban J connectivity index is 1.21. The molecule has 0 saturated carbocycles. The number of rotatable bonds is 6. The van der Waals surface area contributed by atoms with Crippen LogP contribution in [-0.2, 0) is 11.0 Å². The summed E-state index contributed by atoms with van der Waals surface area (Å²) in [6.07, 6.45) is 1.67. The third kappa shape index (κ3) is 5.16. The zero-order chi connectivity index (χ0) is 26.8. The van der Waals surface area contributed by atoms with Gasteiger partial charge in [-0.25, -0.2) is 13.0 Å². The summed E-state index contributed by atoms with van der Waals surface area (Å²) in [5.41, 5.74) is 2.30. The van der Waals surface area contributed by atoms with Gasteiger partial charge in [0.2, 0.25) is 0 Å². The summed E-state index contributed by atoms with van der Waals surface area (Å²) in [6.45, 7) is 5.35. The van der Waals surface area contributed by atoms with E-state index in [9.17, 15) is 17.8 Å². The van der Waals surface area contributed by atoms with Crippen LogP contribution in [0.15, 0.2) is 77.8 Å². The van der Waals surface area contributed by atoms with Gasteiger partial charge in [0.25, 0.3) is 5.91 Å². The molecular formula is C29H28F2N4O2S. The van der Waals surface area contributed by atoms with Crippen LogP contribution in [-0.4, -0.2) is 51.1 Å². The van der Waals surface area contributed by atoms with Crippen molar-refractivity contribution in [1.29, 1.82) is 0 Å². The number of hydrogen-bond donors (Lipinski definition) is 1. The van der Waals surface area contributed by atoms with E-state index in [-0.39, 0.29) is 11.5 Å². The van der Waals surface area contributed by atoms with E-state index in [1.807, 2.05) is 29.2 Å². The first-order valence-electron chi connectivity index (χ1n) is 12.4. The van der Waals surface area contributed by atoms with Gasteiger partial charge in [-0.15, -0.1) is 0 Å². The van der Waals surface area contributed by atoms with Gasteiger partial charge >= 0.3 is 0 Å². The van der Waals surface area contributed by atoms with Crippen LogP contribution < -0.4 is 4.72 Å². The maximum absolute atomic E-state index is 14.6. The minimum absolute atomic E-state index is 0.0736. The van der Waals surface area contributed by atoms with Crippen LogP contribution in [0.4, 0.5) is 14.5 Å². The predicted octanol–water partition coefficient (Wildman–Crippen LogP) is 5.48. The number of aryl methyl sites for hydroxylation is 1. The van der Waals surface area contributed by atoms with Crippen LogP contribution in [0.25, 0.3) is 10.9 Å². The Morgan fingerprint density at radius 1 is 0.974 bits per heavy atom. The van der Waals surface area contributed by atoms with Crippen LogP contribution in [0.1, 0.15) is 34.5 Å². The van der Waals surface area contributed by atoms with E-state index >= 15 is 0 Å². The molecular weight excluding hydrogens is 506 g/mol. The van der Waals surface area contributed by atoms with E-state index in [0.717, 1.165) is 5.39 Å². The molecule has 4 aromatic rings. The molecule has 9 heteroatoms. The zero-order valence-electron chi connectivity index (χ0n) is 21.2. The van der Waals surface area contributed by atoms with Gasteiger partial charge in [0.05, 0.1) is 10.4 Å². The van der Waals surface area contributed by atoms with Crippen molar-refractivity contribution in [3.63, 3.8) is 0 Å². The Morgan fingerprint density at radius 2 is 1.68 bits per heavy atom. The summed E-state index contributed by atoms with van der Waals surface area (Å²) < 4.78 is 45.0. The molecule has 2 unspecified atom stereocenters. The van der Waals surface area contributed by atoms with Gasteiger partial charge in [-0.05, 0) is 61.9 Å². The molecule has 1 aliphatic rings. The molecule has 0 spiro atoms. The number of hydrogen-bond acceptors (Lipinski definition) is 4. The molecule has 3 aromatic carbocycles. The Hall–Kier alpha value is -3.69. The highest BCUT2D eigenvalue weighted by Crippen LogP contribution is 2.29. The minimum atomic E-state index is -1.53. The summed E-state index contributed by atoms with van der Waals surface area (Å²) in [6, 6.07) is 18.5. The standard InChI is InChI=1S/C29H28F2N4O2S/c1-19-8-13-24(30)26(27(19)31)20(2)34-15-17-35(18-16-34)29(36)22-9-11-23(12-10-22)33-38(37)25-7-3-5-21-6-4-14-32-28(21)25/h3-14,20,33H,15-18H2,1-2H3. The van der Waals surface area contributed by atoms with E-state index < -0.39 is 28.7 Å². The van der Waals surface area contributed by atoms with E-state index in [1.54, 1.807) is 55.3 Å². The van der Waals surface area contributed by atoms with E-state index in [4.69, 9.17) is 0 Å². The van der Waals surface area contributed by atoms with Crippen molar-refractivity contribution in [2.75, 3.05) is 30.9 Å². The van der Waals surface area contributed by atoms with Crippen LogP contribution >= 0.6 is 0 Å². The first-order chi connectivity index (χ1) is 18.3. The molecule has 1 saturated heterocycles. The number of nitrogens with zero attached hydrogens (tertiary/aromatic N) is 3. The average Bonchev–Trinajstić information content (AvgIpc) is 2.95. The van der Waals surface area contributed by atoms with Gasteiger partial charge in [0.15, 0.2) is 11.0 Å². The van der Waals surface area contributed by atoms with Crippen LogP contribution in [0, 0.1) is 18.6 Å². The van der Waals surface area contributed by atoms with Crippen LogP contribution in [0.2, 0.25) is 0 Å². The Morgan fingerprint density at radius 3 is 2.42 bits per heavy atom. The van der Waals surface area contributed by atoms with Gasteiger partial charge in [0, 0.05) is 60.6 Å². The molecule has 0 radical (unpaired) electrons. The fraction of sp³-hybridized carbons (Fsp3) is 0.241. The third-order valence-electron chi connectivity index (χ3n) is 7.02. The molecule has 2 heterocycles. The van der Waals surface area contributed by atoms with Crippen molar-refractivity contribution in [1.82, 2.24) is 14.8 Å². The van der Waals surface area contributed by atoms with Crippen molar-refractivity contribution in [3.8, 4) is 0 Å². The molecule has 2 atom stereocenters. The predicted molar refractivity (Wildman–Crippen MR) is 145 cm³/mol. The fourth-order valence-corrected chi connectivity index (χ4v) is 5.82. The number of carbonyl (C=O) groups excluding carboxylic acids is 1. The number of benzene rings is 3. The maximum Gasteiger partial charge on any atom is 0.253 e. The molecule has 1 amide bonds. The highest BCUT2D eigenvalue weighted by atomic mass is 32.2. The number of fused-ring (bicyclic) bond motifs is 1. The quantitative estimate of drug-likeness (QED) is 0.356. The number of para-hydroxylation sites is 1. The second-order valence-electron chi connectivity index (χ2n) is 9.38. The molecule has 1 aromatic heterocycles. The van der Waals surface area contributed by atoms with Gasteiger partial charge in [-0.1, -0.05) is 24.3 Å². The first kappa shape index (κ1) is 25.9. The molecule has 1 aliphatic heterocycles. The van der Waals surface area contributed by atoms with Crippen LogP contribution in [0.3, 0.4) is 0 Å². The zero-order valence-corrected chi connectivity index (χ0v) is 22.0. The minimum Gasteiger partial charge on any atom is -0.336 e. The molecule has 5 rings (SSSR count). The Kier molecular flexibility index (Phi) is 7.49. The number of pyridine rings is 1. The van der Waals surface area contributed by atoms with Crippen molar-refractivity contribution < 1.29 is 17.8 Å². The number of halogens is 2. The van der Waals surface area contributed by atoms with Gasteiger partial charge < -0.3 is 9.62 Å². The Labute approximate surface area is 222 Å². The molecule has 6 nitrogen and oxygen atoms in total. The summed E-state index contributed by atoms with van der Waals surface area (Å²) >= 11 is 0. The maximum atomic E-state index is 14.6. The SMILES string of the molecule is Cc1ccc(F)c(C(C)N2CCN(C(=O)c3ccc(NS(=O)c4cccc5cccnc45)cc3)CC2)c1F. The number of nitrogens with one attached hydrogen (secondary N) is 1. The number of aromatic nitrogens is 1. The highest BCUT2D eigenvalue weighted by molar-refractivity contribution is 7.86. The normalized spacial score (nSPS) is 15.8. The van der Waals surface area contributed by atoms with E-state index in [2.05, 4.69) is 9.71 Å². The lowest BCUT2D eigenvalue weighted by molar-refractivity contribution is 0.0575. The van der Waals surface area contributed by atoms with Crippen molar-refractivity contribution in [2.24, 2.45) is 0 Å². The molecule has 0 bridgehead atoms. The van der Waals surface area contributed by atoms with Crippen LogP contribution in [0.5, 0.6) is 0 Å². The summed E-state index contributed by atoms with van der Waals surface area (Å²) in [5.74, 6) is -1.18. The topological polar surface area (TPSA) is 65.5 Å². The van der Waals surface area contributed by atoms with Crippen molar-refractivity contribution >= 4 is 33.5 Å². The summed E-state index contributed by atoms with van der Waals surface area (Å²) in [7, 11) is -1.53. The lowest BCUT2D eigenvalue weighted by Gasteiger charge is -2.38. The summed E-state index contributed by atoms with van der Waals surface area (Å²) in [4.78, 5) is 21.8. The molecule has 1 N–H and O–H groups in total. The molecule has 1 fully saturated rings. The first-order valence-corrected chi connectivity index (χ1v) is 13.6. The second-order valence-corrected chi connectivity index (χ2v) is 10.6. The van der Waals surface area contributed by atoms with Gasteiger partial charge in [-0.2, -0.15) is 0 Å². The van der Waals surface area contributed by atoms with Crippen molar-refractivity contribution in [3.05, 3.63) is 101 Å². The largest absolute Gasteiger partial charge is 0.336 e. The highest BCUT2D eigenvalue weighted by Gasteiger charge is 2.28. The molecule has 0 aliphatic carbocycles. The number of amides is 1. The lowest BCUT2D eigenvalue weighted by atomic mass is 10.0. The fourth-order valence-electron chi connectivity index (χ4n) is 4.81. The molecule has 196 valence electrons.